The molecule has 19 heavy (non-hydrogen) atoms. The summed E-state index contributed by atoms with van der Waals surface area (Å²) in [4.78, 5) is 6.59. The van der Waals surface area contributed by atoms with Gasteiger partial charge in [-0.15, -0.1) is 0 Å². The van der Waals surface area contributed by atoms with Crippen molar-refractivity contribution < 1.29 is 0 Å². The fourth-order valence-electron chi connectivity index (χ4n) is 2.96. The Balaban J connectivity index is 2.12. The highest BCUT2D eigenvalue weighted by Crippen LogP contribution is 2.26. The van der Waals surface area contributed by atoms with Crippen LogP contribution in [0.1, 0.15) is 44.7 Å². The summed E-state index contributed by atoms with van der Waals surface area (Å²) in [5.41, 5.74) is 7.27. The number of pyridine rings is 1. The molecular weight excluding hydrogens is 236 g/mol. The van der Waals surface area contributed by atoms with Gasteiger partial charge in [-0.3, -0.25) is 10.4 Å². The van der Waals surface area contributed by atoms with Gasteiger partial charge in [0.25, 0.3) is 0 Å². The van der Waals surface area contributed by atoms with E-state index in [-0.39, 0.29) is 5.84 Å². The zero-order valence-corrected chi connectivity index (χ0v) is 11.7. The molecule has 0 aromatic carbocycles. The molecule has 4 nitrogen and oxygen atoms in total. The van der Waals surface area contributed by atoms with Gasteiger partial charge in [0, 0.05) is 19.3 Å². The highest BCUT2D eigenvalue weighted by Gasteiger charge is 2.19. The van der Waals surface area contributed by atoms with Gasteiger partial charge in [0.15, 0.2) is 0 Å². The first-order valence-corrected chi connectivity index (χ1v) is 7.26. The molecule has 2 rings (SSSR count). The van der Waals surface area contributed by atoms with Gasteiger partial charge >= 0.3 is 0 Å². The Morgan fingerprint density at radius 3 is 3.05 bits per heavy atom. The summed E-state index contributed by atoms with van der Waals surface area (Å²) in [6.07, 6.45) is 8.09. The van der Waals surface area contributed by atoms with Gasteiger partial charge in [-0.2, -0.15) is 0 Å². The second kappa shape index (κ2) is 6.55. The minimum atomic E-state index is 0.0601. The number of nitrogen functional groups attached to an aromatic ring is 1. The summed E-state index contributed by atoms with van der Waals surface area (Å²) in [5.74, 6) is 0.914. The van der Waals surface area contributed by atoms with Crippen molar-refractivity contribution in [2.75, 3.05) is 18.0 Å². The maximum Gasteiger partial charge on any atom is 0.143 e. The molecule has 0 bridgehead atoms. The molecule has 3 N–H and O–H groups in total. The summed E-state index contributed by atoms with van der Waals surface area (Å²) in [6.45, 7) is 4.36. The lowest BCUT2D eigenvalue weighted by Crippen LogP contribution is -2.28. The predicted molar refractivity (Wildman–Crippen MR) is 79.7 cm³/mol. The number of nitrogens with one attached hydrogen (secondary N) is 1. The van der Waals surface area contributed by atoms with E-state index in [1.807, 2.05) is 12.1 Å². The normalized spacial score (nSPS) is 20.1. The van der Waals surface area contributed by atoms with Crippen LogP contribution in [0.15, 0.2) is 18.3 Å². The van der Waals surface area contributed by atoms with Crippen molar-refractivity contribution in [1.82, 2.24) is 4.98 Å². The molecule has 1 aliphatic heterocycles. The SMILES string of the molecule is CCCC1CCCN(c2cccnc2C(=N)N)CC1. The highest BCUT2D eigenvalue weighted by atomic mass is 15.1. The van der Waals surface area contributed by atoms with Crippen LogP contribution in [0.25, 0.3) is 0 Å². The first-order valence-electron chi connectivity index (χ1n) is 7.26. The molecule has 1 fully saturated rings. The molecule has 1 aromatic rings. The smallest absolute Gasteiger partial charge is 0.143 e. The maximum atomic E-state index is 7.64. The Morgan fingerprint density at radius 1 is 1.47 bits per heavy atom. The number of anilines is 1. The lowest BCUT2D eigenvalue weighted by molar-refractivity contribution is 0.435. The number of hydrogen-bond acceptors (Lipinski definition) is 3. The Morgan fingerprint density at radius 2 is 2.32 bits per heavy atom. The summed E-state index contributed by atoms with van der Waals surface area (Å²) in [7, 11) is 0. The van der Waals surface area contributed by atoms with Gasteiger partial charge in [0.1, 0.15) is 11.5 Å². The van der Waals surface area contributed by atoms with Crippen LogP contribution < -0.4 is 10.6 Å². The van der Waals surface area contributed by atoms with Gasteiger partial charge in [0.2, 0.25) is 0 Å². The van der Waals surface area contributed by atoms with Crippen molar-refractivity contribution in [3.05, 3.63) is 24.0 Å². The van der Waals surface area contributed by atoms with Gasteiger partial charge in [-0.05, 0) is 37.3 Å². The van der Waals surface area contributed by atoms with Crippen LogP contribution in [0.2, 0.25) is 0 Å². The van der Waals surface area contributed by atoms with E-state index < -0.39 is 0 Å². The Bertz CT molecular complexity index is 430. The number of hydrogen-bond donors (Lipinski definition) is 2. The molecule has 0 radical (unpaired) electrons. The second-order valence-electron chi connectivity index (χ2n) is 5.36. The molecule has 0 spiro atoms. The molecule has 4 heteroatoms. The minimum absolute atomic E-state index is 0.0601. The standard InChI is InChI=1S/C15H24N4/c1-2-5-12-6-4-10-19(11-8-12)13-7-3-9-18-14(13)15(16)17/h3,7,9,12H,2,4-6,8,10-11H2,1H3,(H3,16,17). The van der Waals surface area contributed by atoms with Gasteiger partial charge in [-0.25, -0.2) is 0 Å². The third-order valence-corrected chi connectivity index (χ3v) is 3.93. The zero-order chi connectivity index (χ0) is 13.7. The van der Waals surface area contributed by atoms with Crippen molar-refractivity contribution in [2.24, 2.45) is 11.7 Å². The maximum absolute atomic E-state index is 7.64. The van der Waals surface area contributed by atoms with Crippen molar-refractivity contribution >= 4 is 11.5 Å². The zero-order valence-electron chi connectivity index (χ0n) is 11.7. The molecule has 0 saturated carbocycles. The van der Waals surface area contributed by atoms with Crippen LogP contribution in [0.3, 0.4) is 0 Å². The van der Waals surface area contributed by atoms with E-state index >= 15 is 0 Å². The van der Waals surface area contributed by atoms with Crippen molar-refractivity contribution in [1.29, 1.82) is 5.41 Å². The van der Waals surface area contributed by atoms with E-state index in [4.69, 9.17) is 11.1 Å². The van der Waals surface area contributed by atoms with E-state index in [9.17, 15) is 0 Å². The Hall–Kier alpha value is -1.58. The van der Waals surface area contributed by atoms with Crippen LogP contribution in [-0.2, 0) is 0 Å². The lowest BCUT2D eigenvalue weighted by Gasteiger charge is -2.24. The Kier molecular flexibility index (Phi) is 4.77. The van der Waals surface area contributed by atoms with E-state index in [1.165, 1.54) is 32.1 Å². The molecule has 1 aromatic heterocycles. The fourth-order valence-corrected chi connectivity index (χ4v) is 2.96. The third kappa shape index (κ3) is 3.46. The van der Waals surface area contributed by atoms with Crippen LogP contribution in [0.4, 0.5) is 5.69 Å². The topological polar surface area (TPSA) is 66.0 Å². The summed E-state index contributed by atoms with van der Waals surface area (Å²) in [5, 5.41) is 7.64. The molecule has 1 saturated heterocycles. The van der Waals surface area contributed by atoms with E-state index in [2.05, 4.69) is 16.8 Å². The van der Waals surface area contributed by atoms with Crippen LogP contribution in [0.5, 0.6) is 0 Å². The quantitative estimate of drug-likeness (QED) is 0.646. The monoisotopic (exact) mass is 260 g/mol. The first-order chi connectivity index (χ1) is 9.22. The average molecular weight is 260 g/mol. The number of nitrogens with zero attached hydrogens (tertiary/aromatic N) is 2. The summed E-state index contributed by atoms with van der Waals surface area (Å²) < 4.78 is 0. The largest absolute Gasteiger partial charge is 0.382 e. The predicted octanol–water partition coefficient (Wildman–Crippen LogP) is 2.77. The van der Waals surface area contributed by atoms with E-state index in [1.54, 1.807) is 6.20 Å². The number of nitrogens with two attached hydrogens (primary N) is 1. The van der Waals surface area contributed by atoms with Gasteiger partial charge < -0.3 is 10.6 Å². The van der Waals surface area contributed by atoms with E-state index in [0.29, 0.717) is 5.69 Å². The molecule has 1 atom stereocenters. The number of rotatable bonds is 4. The summed E-state index contributed by atoms with van der Waals surface area (Å²) >= 11 is 0. The molecular formula is C15H24N4. The molecule has 1 unspecified atom stereocenters. The lowest BCUT2D eigenvalue weighted by atomic mass is 9.96. The van der Waals surface area contributed by atoms with Crippen LogP contribution in [0, 0.1) is 11.3 Å². The highest BCUT2D eigenvalue weighted by molar-refractivity contribution is 5.98. The first kappa shape index (κ1) is 13.8. The molecule has 2 heterocycles. The molecule has 104 valence electrons. The third-order valence-electron chi connectivity index (χ3n) is 3.93. The summed E-state index contributed by atoms with van der Waals surface area (Å²) in [6, 6.07) is 3.96. The van der Waals surface area contributed by atoms with Crippen molar-refractivity contribution in [2.45, 2.75) is 39.0 Å². The molecule has 0 amide bonds. The second-order valence-corrected chi connectivity index (χ2v) is 5.36. The average Bonchev–Trinajstić information content (AvgIpc) is 2.65. The van der Waals surface area contributed by atoms with Crippen LogP contribution >= 0.6 is 0 Å². The molecule has 0 aliphatic carbocycles. The van der Waals surface area contributed by atoms with Gasteiger partial charge in [-0.1, -0.05) is 19.8 Å². The Labute approximate surface area is 115 Å². The number of amidine groups is 1. The van der Waals surface area contributed by atoms with Gasteiger partial charge in [0.05, 0.1) is 5.69 Å². The van der Waals surface area contributed by atoms with Crippen LogP contribution in [-0.4, -0.2) is 23.9 Å². The fraction of sp³-hybridized carbons (Fsp3) is 0.600. The molecule has 1 aliphatic rings. The minimum Gasteiger partial charge on any atom is -0.382 e. The van der Waals surface area contributed by atoms with Crippen molar-refractivity contribution in [3.8, 4) is 0 Å². The van der Waals surface area contributed by atoms with Crippen molar-refractivity contribution in [3.63, 3.8) is 0 Å². The number of aromatic nitrogens is 1. The van der Waals surface area contributed by atoms with E-state index in [0.717, 1.165) is 24.7 Å².